The number of fused-ring (bicyclic) bond motifs is 1. The van der Waals surface area contributed by atoms with Crippen LogP contribution in [0.15, 0.2) is 48.7 Å². The molecule has 23 heavy (non-hydrogen) atoms. The molecule has 4 rings (SSSR count). The van der Waals surface area contributed by atoms with Gasteiger partial charge in [-0.2, -0.15) is 0 Å². The molecule has 3 heterocycles. The van der Waals surface area contributed by atoms with Crippen molar-refractivity contribution in [1.82, 2.24) is 9.47 Å². The molecule has 4 heteroatoms. The lowest BCUT2D eigenvalue weighted by atomic mass is 9.95. The Bertz CT molecular complexity index is 674. The number of amides is 1. The van der Waals surface area contributed by atoms with Gasteiger partial charge in [-0.1, -0.05) is 30.3 Å². The average Bonchev–Trinajstić information content (AvgIpc) is 3.10. The van der Waals surface area contributed by atoms with Crippen molar-refractivity contribution in [2.24, 2.45) is 5.92 Å². The van der Waals surface area contributed by atoms with Crippen LogP contribution >= 0.6 is 0 Å². The van der Waals surface area contributed by atoms with Crippen LogP contribution in [0, 0.1) is 5.92 Å². The third-order valence-corrected chi connectivity index (χ3v) is 4.95. The van der Waals surface area contributed by atoms with Crippen molar-refractivity contribution in [1.29, 1.82) is 0 Å². The van der Waals surface area contributed by atoms with Gasteiger partial charge in [-0.25, -0.2) is 0 Å². The van der Waals surface area contributed by atoms with E-state index in [0.29, 0.717) is 6.61 Å². The first-order valence-electron chi connectivity index (χ1n) is 8.43. The summed E-state index contributed by atoms with van der Waals surface area (Å²) in [6, 6.07) is 14.6. The summed E-state index contributed by atoms with van der Waals surface area (Å²) >= 11 is 0. The predicted molar refractivity (Wildman–Crippen MR) is 88.0 cm³/mol. The minimum absolute atomic E-state index is 0.00868. The van der Waals surface area contributed by atoms with E-state index >= 15 is 0 Å². The van der Waals surface area contributed by atoms with Gasteiger partial charge in [-0.15, -0.1) is 0 Å². The Morgan fingerprint density at radius 3 is 2.74 bits per heavy atom. The molecule has 4 nitrogen and oxygen atoms in total. The number of hydrogen-bond acceptors (Lipinski definition) is 2. The van der Waals surface area contributed by atoms with Gasteiger partial charge in [-0.3, -0.25) is 4.79 Å². The minimum atomic E-state index is 0.00868. The molecule has 2 aliphatic heterocycles. The van der Waals surface area contributed by atoms with Gasteiger partial charge in [0.15, 0.2) is 0 Å². The Morgan fingerprint density at radius 2 is 1.96 bits per heavy atom. The highest BCUT2D eigenvalue weighted by Gasteiger charge is 2.35. The number of rotatable bonds is 2. The number of carbonyl (C=O) groups is 1. The zero-order chi connectivity index (χ0) is 15.6. The fourth-order valence-corrected chi connectivity index (χ4v) is 3.78. The number of hydrogen-bond donors (Lipinski definition) is 0. The standard InChI is InChI=1S/C19H22N2O2/c22-19(16-8-5-13-23-14-16)21-12-11-20-10-4-9-17(20)18(21)15-6-2-1-3-7-15/h1-4,6-7,9-10,16,18H,5,8,11-14H2. The summed E-state index contributed by atoms with van der Waals surface area (Å²) < 4.78 is 7.80. The van der Waals surface area contributed by atoms with Crippen LogP contribution in [-0.2, 0) is 16.1 Å². The molecule has 0 saturated carbocycles. The molecule has 1 fully saturated rings. The summed E-state index contributed by atoms with van der Waals surface area (Å²) in [5, 5.41) is 0. The first kappa shape index (κ1) is 14.5. The lowest BCUT2D eigenvalue weighted by Gasteiger charge is -2.39. The van der Waals surface area contributed by atoms with Gasteiger partial charge in [0, 0.05) is 31.6 Å². The van der Waals surface area contributed by atoms with Crippen molar-refractivity contribution in [2.45, 2.75) is 25.4 Å². The van der Waals surface area contributed by atoms with Gasteiger partial charge in [0.2, 0.25) is 5.91 Å². The molecule has 0 spiro atoms. The van der Waals surface area contributed by atoms with Crippen LogP contribution in [0.2, 0.25) is 0 Å². The largest absolute Gasteiger partial charge is 0.381 e. The molecule has 0 N–H and O–H groups in total. The lowest BCUT2D eigenvalue weighted by molar-refractivity contribution is -0.142. The second-order valence-corrected chi connectivity index (χ2v) is 6.39. The fourth-order valence-electron chi connectivity index (χ4n) is 3.78. The molecular formula is C19H22N2O2. The van der Waals surface area contributed by atoms with Crippen LogP contribution < -0.4 is 0 Å². The van der Waals surface area contributed by atoms with E-state index in [9.17, 15) is 4.79 Å². The Morgan fingerprint density at radius 1 is 1.09 bits per heavy atom. The van der Waals surface area contributed by atoms with Gasteiger partial charge < -0.3 is 14.2 Å². The Labute approximate surface area is 136 Å². The van der Waals surface area contributed by atoms with Crippen molar-refractivity contribution in [3.63, 3.8) is 0 Å². The number of carbonyl (C=O) groups excluding carboxylic acids is 1. The molecule has 1 aromatic carbocycles. The second kappa shape index (κ2) is 6.20. The molecule has 0 radical (unpaired) electrons. The zero-order valence-corrected chi connectivity index (χ0v) is 13.2. The van der Waals surface area contributed by atoms with Gasteiger partial charge in [0.25, 0.3) is 0 Å². The summed E-state index contributed by atoms with van der Waals surface area (Å²) in [4.78, 5) is 15.2. The minimum Gasteiger partial charge on any atom is -0.381 e. The third kappa shape index (κ3) is 2.68. The Hall–Kier alpha value is -2.07. The highest BCUT2D eigenvalue weighted by Crippen LogP contribution is 2.34. The van der Waals surface area contributed by atoms with E-state index in [1.54, 1.807) is 0 Å². The molecule has 0 aliphatic carbocycles. The highest BCUT2D eigenvalue weighted by atomic mass is 16.5. The van der Waals surface area contributed by atoms with Crippen LogP contribution in [0.1, 0.15) is 30.1 Å². The predicted octanol–water partition coefficient (Wildman–Crippen LogP) is 2.85. The molecule has 2 atom stereocenters. The second-order valence-electron chi connectivity index (χ2n) is 6.39. The first-order chi connectivity index (χ1) is 11.3. The molecule has 2 unspecified atom stereocenters. The van der Waals surface area contributed by atoms with Crippen molar-refractivity contribution in [3.05, 3.63) is 59.9 Å². The first-order valence-corrected chi connectivity index (χ1v) is 8.43. The van der Waals surface area contributed by atoms with Crippen LogP contribution in [0.4, 0.5) is 0 Å². The summed E-state index contributed by atoms with van der Waals surface area (Å²) in [5.41, 5.74) is 2.38. The number of benzene rings is 1. The van der Waals surface area contributed by atoms with E-state index in [-0.39, 0.29) is 17.9 Å². The summed E-state index contributed by atoms with van der Waals surface area (Å²) in [6.45, 7) is 2.98. The van der Waals surface area contributed by atoms with E-state index in [1.165, 1.54) is 11.3 Å². The van der Waals surface area contributed by atoms with Crippen LogP contribution in [0.3, 0.4) is 0 Å². The Balaban J connectivity index is 1.69. The molecule has 1 amide bonds. The van der Waals surface area contributed by atoms with Crippen LogP contribution in [-0.4, -0.2) is 35.1 Å². The van der Waals surface area contributed by atoms with Crippen LogP contribution in [0.25, 0.3) is 0 Å². The van der Waals surface area contributed by atoms with E-state index in [1.807, 2.05) is 18.2 Å². The molecule has 1 aromatic heterocycles. The SMILES string of the molecule is O=C(C1CCCOC1)N1CCn2cccc2C1c1ccccc1. The summed E-state index contributed by atoms with van der Waals surface area (Å²) in [6.07, 6.45) is 4.03. The fraction of sp³-hybridized carbons (Fsp3) is 0.421. The summed E-state index contributed by atoms with van der Waals surface area (Å²) in [7, 11) is 0. The average molecular weight is 310 g/mol. The molecule has 0 bridgehead atoms. The molecular weight excluding hydrogens is 288 g/mol. The molecule has 120 valence electrons. The van der Waals surface area contributed by atoms with Crippen molar-refractivity contribution < 1.29 is 9.53 Å². The van der Waals surface area contributed by atoms with Gasteiger partial charge in [0.1, 0.15) is 0 Å². The third-order valence-electron chi connectivity index (χ3n) is 4.95. The Kier molecular flexibility index (Phi) is 3.92. The van der Waals surface area contributed by atoms with E-state index in [2.05, 4.69) is 39.9 Å². The monoisotopic (exact) mass is 310 g/mol. The quantitative estimate of drug-likeness (QED) is 0.855. The topological polar surface area (TPSA) is 34.5 Å². The maximum absolute atomic E-state index is 13.1. The zero-order valence-electron chi connectivity index (χ0n) is 13.2. The number of ether oxygens (including phenoxy) is 1. The van der Waals surface area contributed by atoms with Gasteiger partial charge in [0.05, 0.1) is 18.6 Å². The van der Waals surface area contributed by atoms with E-state index < -0.39 is 0 Å². The maximum Gasteiger partial charge on any atom is 0.228 e. The normalized spacial score (nSPS) is 24.3. The van der Waals surface area contributed by atoms with Gasteiger partial charge in [-0.05, 0) is 30.5 Å². The van der Waals surface area contributed by atoms with E-state index in [0.717, 1.165) is 32.5 Å². The van der Waals surface area contributed by atoms with Gasteiger partial charge >= 0.3 is 0 Å². The molecule has 1 saturated heterocycles. The van der Waals surface area contributed by atoms with Crippen molar-refractivity contribution >= 4 is 5.91 Å². The van der Waals surface area contributed by atoms with Crippen molar-refractivity contribution in [2.75, 3.05) is 19.8 Å². The molecule has 2 aromatic rings. The van der Waals surface area contributed by atoms with Crippen LogP contribution in [0.5, 0.6) is 0 Å². The maximum atomic E-state index is 13.1. The van der Waals surface area contributed by atoms with Crippen molar-refractivity contribution in [3.8, 4) is 0 Å². The highest BCUT2D eigenvalue weighted by molar-refractivity contribution is 5.80. The summed E-state index contributed by atoms with van der Waals surface area (Å²) in [5.74, 6) is 0.252. The lowest BCUT2D eigenvalue weighted by Crippen LogP contribution is -2.46. The molecule has 2 aliphatic rings. The smallest absolute Gasteiger partial charge is 0.228 e. The van der Waals surface area contributed by atoms with E-state index in [4.69, 9.17) is 4.74 Å². The number of aromatic nitrogens is 1. The number of nitrogens with zero attached hydrogens (tertiary/aromatic N) is 2.